The average Bonchev–Trinajstić information content (AvgIpc) is 3.19. The van der Waals surface area contributed by atoms with Gasteiger partial charge in [0.2, 0.25) is 0 Å². The largest absolute Gasteiger partial charge is 0.484 e. The van der Waals surface area contributed by atoms with Gasteiger partial charge in [0.05, 0.1) is 23.4 Å². The third-order valence-corrected chi connectivity index (χ3v) is 8.22. The van der Waals surface area contributed by atoms with E-state index in [2.05, 4.69) is 5.10 Å². The molecule has 1 N–H and O–H groups in total. The summed E-state index contributed by atoms with van der Waals surface area (Å²) in [5, 5.41) is 14.3. The van der Waals surface area contributed by atoms with E-state index in [9.17, 15) is 17.9 Å². The van der Waals surface area contributed by atoms with Crippen molar-refractivity contribution in [2.45, 2.75) is 44.4 Å². The highest BCUT2D eigenvalue weighted by Gasteiger charge is 2.38. The van der Waals surface area contributed by atoms with Crippen LogP contribution in [0.5, 0.6) is 5.75 Å². The lowest BCUT2D eigenvalue weighted by molar-refractivity contribution is 0.0503. The number of allylic oxidation sites excluding steroid dienone is 1. The molecule has 2 aromatic carbocycles. The van der Waals surface area contributed by atoms with Crippen LogP contribution in [-0.4, -0.2) is 42.1 Å². The van der Waals surface area contributed by atoms with Gasteiger partial charge in [-0.05, 0) is 56.2 Å². The molecule has 0 bridgehead atoms. The highest BCUT2D eigenvalue weighted by molar-refractivity contribution is 7.93. The first-order valence-corrected chi connectivity index (χ1v) is 13.1. The van der Waals surface area contributed by atoms with Crippen LogP contribution in [0.15, 0.2) is 47.5 Å². The summed E-state index contributed by atoms with van der Waals surface area (Å²) in [6.45, 7) is 5.37. The number of anilines is 1. The fraction of sp³-hybridized carbons (Fsp3) is 0.292. The van der Waals surface area contributed by atoms with Crippen LogP contribution in [-0.2, 0) is 16.6 Å². The van der Waals surface area contributed by atoms with Crippen molar-refractivity contribution in [1.82, 2.24) is 9.78 Å². The van der Waals surface area contributed by atoms with Crippen LogP contribution in [0.1, 0.15) is 31.9 Å². The number of ether oxygens (including phenoxy) is 1. The van der Waals surface area contributed by atoms with Gasteiger partial charge in [-0.3, -0.25) is 8.99 Å². The predicted octanol–water partition coefficient (Wildman–Crippen LogP) is 5.25. The molecule has 186 valence electrons. The van der Waals surface area contributed by atoms with Crippen molar-refractivity contribution in [3.8, 4) is 5.75 Å². The molecule has 2 heterocycles. The molecule has 1 aliphatic heterocycles. The van der Waals surface area contributed by atoms with Gasteiger partial charge in [0, 0.05) is 18.3 Å². The second-order valence-corrected chi connectivity index (χ2v) is 10.8. The smallest absolute Gasteiger partial charge is 0.269 e. The molecule has 0 spiro atoms. The summed E-state index contributed by atoms with van der Waals surface area (Å²) in [5.41, 5.74) is 1.70. The zero-order valence-electron chi connectivity index (χ0n) is 19.2. The van der Waals surface area contributed by atoms with E-state index < -0.39 is 28.0 Å². The standard InChI is InChI=1S/C24H24Cl2FN3O4S/c1-4-29-13-22(24(26)28-29)35(32,33)30-12-21(15(3)31)34-20-9-8-16(11-19(20)30)10-14(2)23-17(25)6-5-7-18(23)27/h5-11,13,15,21,31H,4,12H2,1-3H3/b14-10+/t15-,21+/m1/s1. The number of aryl methyl sites for hydroxylation is 1. The van der Waals surface area contributed by atoms with Gasteiger partial charge in [0.25, 0.3) is 10.0 Å². The summed E-state index contributed by atoms with van der Waals surface area (Å²) >= 11 is 12.4. The minimum absolute atomic E-state index is 0.133. The topological polar surface area (TPSA) is 84.7 Å². The lowest BCUT2D eigenvalue weighted by atomic mass is 10.0. The van der Waals surface area contributed by atoms with Crippen molar-refractivity contribution in [3.05, 3.63) is 69.7 Å². The first kappa shape index (κ1) is 25.5. The molecule has 3 aromatic rings. The number of nitrogens with zero attached hydrogens (tertiary/aromatic N) is 3. The van der Waals surface area contributed by atoms with Crippen molar-refractivity contribution < 1.29 is 22.7 Å². The Morgan fingerprint density at radius 2 is 2.09 bits per heavy atom. The van der Waals surface area contributed by atoms with Crippen LogP contribution in [0.2, 0.25) is 10.2 Å². The fourth-order valence-electron chi connectivity index (χ4n) is 3.89. The van der Waals surface area contributed by atoms with E-state index >= 15 is 0 Å². The molecule has 0 aliphatic carbocycles. The molecule has 1 aromatic heterocycles. The number of fused-ring (bicyclic) bond motifs is 1. The zero-order chi connectivity index (χ0) is 25.5. The van der Waals surface area contributed by atoms with Crippen molar-refractivity contribution in [1.29, 1.82) is 0 Å². The normalized spacial score (nSPS) is 17.2. The Bertz CT molecular complexity index is 1390. The van der Waals surface area contributed by atoms with Gasteiger partial charge in [-0.15, -0.1) is 0 Å². The van der Waals surface area contributed by atoms with Crippen LogP contribution in [0.3, 0.4) is 0 Å². The van der Waals surface area contributed by atoms with E-state index in [1.165, 1.54) is 29.9 Å². The number of aliphatic hydroxyl groups is 1. The lowest BCUT2D eigenvalue weighted by Gasteiger charge is -2.36. The van der Waals surface area contributed by atoms with Crippen molar-refractivity contribution in [2.75, 3.05) is 10.8 Å². The highest BCUT2D eigenvalue weighted by Crippen LogP contribution is 2.40. The minimum atomic E-state index is -4.15. The number of halogens is 3. The number of hydrogen-bond donors (Lipinski definition) is 1. The Kier molecular flexibility index (Phi) is 7.15. The Morgan fingerprint density at radius 1 is 1.34 bits per heavy atom. The third kappa shape index (κ3) is 4.91. The molecule has 0 unspecified atom stereocenters. The van der Waals surface area contributed by atoms with E-state index in [0.29, 0.717) is 17.7 Å². The number of benzene rings is 2. The minimum Gasteiger partial charge on any atom is -0.484 e. The van der Waals surface area contributed by atoms with E-state index in [1.807, 2.05) is 6.92 Å². The number of sulfonamides is 1. The average molecular weight is 540 g/mol. The van der Waals surface area contributed by atoms with Crippen LogP contribution in [0.4, 0.5) is 10.1 Å². The molecule has 0 amide bonds. The summed E-state index contributed by atoms with van der Waals surface area (Å²) in [5.74, 6) is -0.178. The van der Waals surface area contributed by atoms with Gasteiger partial charge in [0.15, 0.2) is 5.15 Å². The van der Waals surface area contributed by atoms with Gasteiger partial charge in [-0.1, -0.05) is 41.4 Å². The summed E-state index contributed by atoms with van der Waals surface area (Å²) in [6.07, 6.45) is 1.36. The number of rotatable bonds is 6. The van der Waals surface area contributed by atoms with Gasteiger partial charge >= 0.3 is 0 Å². The third-order valence-electron chi connectivity index (χ3n) is 5.73. The van der Waals surface area contributed by atoms with E-state index in [-0.39, 0.29) is 38.6 Å². The van der Waals surface area contributed by atoms with Crippen molar-refractivity contribution >= 4 is 50.6 Å². The molecule has 11 heteroatoms. The van der Waals surface area contributed by atoms with Crippen molar-refractivity contribution in [3.63, 3.8) is 0 Å². The SMILES string of the molecule is CCn1cc(S(=O)(=O)N2C[C@@H]([C@@H](C)O)Oc3ccc(/C=C(\C)c4c(F)cccc4Cl)cc32)c(Cl)n1. The van der Waals surface area contributed by atoms with E-state index in [4.69, 9.17) is 27.9 Å². The summed E-state index contributed by atoms with van der Waals surface area (Å²) < 4.78 is 50.2. The first-order valence-electron chi connectivity index (χ1n) is 10.9. The molecular formula is C24H24Cl2FN3O4S. The Labute approximate surface area is 213 Å². The van der Waals surface area contributed by atoms with E-state index in [0.717, 1.165) is 4.31 Å². The molecule has 0 saturated carbocycles. The molecule has 0 fully saturated rings. The molecule has 0 radical (unpaired) electrons. The van der Waals surface area contributed by atoms with E-state index in [1.54, 1.807) is 37.3 Å². The molecule has 0 saturated heterocycles. The van der Waals surface area contributed by atoms with Gasteiger partial charge < -0.3 is 9.84 Å². The Balaban J connectivity index is 1.82. The van der Waals surface area contributed by atoms with Crippen LogP contribution < -0.4 is 9.04 Å². The molecule has 35 heavy (non-hydrogen) atoms. The lowest BCUT2D eigenvalue weighted by Crippen LogP contribution is -2.47. The first-order chi connectivity index (χ1) is 16.5. The van der Waals surface area contributed by atoms with Gasteiger partial charge in [0.1, 0.15) is 22.6 Å². The van der Waals surface area contributed by atoms with Crippen LogP contribution in [0, 0.1) is 5.82 Å². The molecular weight excluding hydrogens is 516 g/mol. The zero-order valence-corrected chi connectivity index (χ0v) is 21.6. The summed E-state index contributed by atoms with van der Waals surface area (Å²) in [4.78, 5) is -0.145. The van der Waals surface area contributed by atoms with Gasteiger partial charge in [-0.2, -0.15) is 5.10 Å². The Morgan fingerprint density at radius 3 is 2.71 bits per heavy atom. The maximum Gasteiger partial charge on any atom is 0.269 e. The second kappa shape index (κ2) is 9.81. The number of aliphatic hydroxyl groups excluding tert-OH is 1. The van der Waals surface area contributed by atoms with Gasteiger partial charge in [-0.25, -0.2) is 12.8 Å². The number of hydrogen-bond acceptors (Lipinski definition) is 5. The maximum absolute atomic E-state index is 14.4. The van der Waals surface area contributed by atoms with Crippen LogP contribution in [0.25, 0.3) is 11.6 Å². The summed E-state index contributed by atoms with van der Waals surface area (Å²) in [7, 11) is -4.15. The quantitative estimate of drug-likeness (QED) is 0.432. The summed E-state index contributed by atoms with van der Waals surface area (Å²) in [6, 6.07) is 9.41. The maximum atomic E-state index is 14.4. The monoisotopic (exact) mass is 539 g/mol. The fourth-order valence-corrected chi connectivity index (χ4v) is 6.13. The Hall–Kier alpha value is -2.59. The molecule has 2 atom stereocenters. The molecule has 7 nitrogen and oxygen atoms in total. The highest BCUT2D eigenvalue weighted by atomic mass is 35.5. The molecule has 1 aliphatic rings. The predicted molar refractivity (Wildman–Crippen MR) is 135 cm³/mol. The molecule has 4 rings (SSSR count). The second-order valence-electron chi connectivity index (χ2n) is 8.22. The van der Waals surface area contributed by atoms with Crippen LogP contribution >= 0.6 is 23.2 Å². The van der Waals surface area contributed by atoms with Crippen molar-refractivity contribution in [2.24, 2.45) is 0 Å². The number of aromatic nitrogens is 2.